The van der Waals surface area contributed by atoms with Gasteiger partial charge in [0.1, 0.15) is 5.82 Å². The molecule has 0 saturated carbocycles. The van der Waals surface area contributed by atoms with Crippen LogP contribution in [0.2, 0.25) is 5.02 Å². The van der Waals surface area contributed by atoms with E-state index in [4.69, 9.17) is 16.0 Å². The summed E-state index contributed by atoms with van der Waals surface area (Å²) in [6, 6.07) is 11.0. The van der Waals surface area contributed by atoms with Crippen molar-refractivity contribution < 1.29 is 13.6 Å². The number of benzene rings is 2. The van der Waals surface area contributed by atoms with E-state index in [0.29, 0.717) is 22.3 Å². The molecule has 0 spiro atoms. The maximum atomic E-state index is 13.8. The monoisotopic (exact) mass is 457 g/mol. The van der Waals surface area contributed by atoms with E-state index in [1.54, 1.807) is 24.3 Å². The minimum atomic E-state index is -0.588. The van der Waals surface area contributed by atoms with E-state index in [9.17, 15) is 9.18 Å². The lowest BCUT2D eigenvalue weighted by molar-refractivity contribution is 0.102. The van der Waals surface area contributed by atoms with E-state index in [-0.39, 0.29) is 11.5 Å². The Morgan fingerprint density at radius 3 is 2.72 bits per heavy atom. The number of hydrogen-bond acceptors (Lipinski definition) is 6. The van der Waals surface area contributed by atoms with Gasteiger partial charge in [0.15, 0.2) is 0 Å². The molecular formula is C23H25ClFN5O2. The minimum absolute atomic E-state index is 0.0410. The van der Waals surface area contributed by atoms with E-state index in [0.717, 1.165) is 25.9 Å². The SMILES string of the molecule is O=C(Nc1ccc(-c2nnc(NCCCCN3CCCC3)o2)c(Cl)c1)c1ccccc1F. The number of carbonyl (C=O) groups is 1. The summed E-state index contributed by atoms with van der Waals surface area (Å²) >= 11 is 6.36. The molecule has 168 valence electrons. The Morgan fingerprint density at radius 2 is 1.94 bits per heavy atom. The van der Waals surface area contributed by atoms with E-state index in [1.807, 2.05) is 0 Å². The zero-order valence-electron chi connectivity index (χ0n) is 17.6. The highest BCUT2D eigenvalue weighted by Gasteiger charge is 2.15. The van der Waals surface area contributed by atoms with E-state index in [2.05, 4.69) is 25.7 Å². The molecule has 0 unspecified atom stereocenters. The Labute approximate surface area is 191 Å². The van der Waals surface area contributed by atoms with Gasteiger partial charge in [-0.2, -0.15) is 0 Å². The van der Waals surface area contributed by atoms with Crippen LogP contribution >= 0.6 is 11.6 Å². The number of likely N-dealkylation sites (tertiary alicyclic amines) is 1. The highest BCUT2D eigenvalue weighted by atomic mass is 35.5. The number of hydrogen-bond donors (Lipinski definition) is 2. The topological polar surface area (TPSA) is 83.3 Å². The lowest BCUT2D eigenvalue weighted by atomic mass is 10.1. The molecule has 32 heavy (non-hydrogen) atoms. The number of aromatic nitrogens is 2. The van der Waals surface area contributed by atoms with Gasteiger partial charge >= 0.3 is 6.01 Å². The maximum Gasteiger partial charge on any atom is 0.315 e. The first-order valence-corrected chi connectivity index (χ1v) is 11.1. The second-order valence-electron chi connectivity index (χ2n) is 7.72. The Hall–Kier alpha value is -2.97. The predicted molar refractivity (Wildman–Crippen MR) is 122 cm³/mol. The molecular weight excluding hydrogens is 433 g/mol. The van der Waals surface area contributed by atoms with E-state index < -0.39 is 11.7 Å². The summed E-state index contributed by atoms with van der Waals surface area (Å²) in [5, 5.41) is 14.2. The quantitative estimate of drug-likeness (QED) is 0.436. The van der Waals surface area contributed by atoms with Crippen LogP contribution in [0.25, 0.3) is 11.5 Å². The minimum Gasteiger partial charge on any atom is -0.403 e. The van der Waals surface area contributed by atoms with Crippen molar-refractivity contribution in [2.75, 3.05) is 36.8 Å². The third kappa shape index (κ3) is 5.63. The number of halogens is 2. The average molecular weight is 458 g/mol. The number of anilines is 2. The molecule has 9 heteroatoms. The molecule has 1 fully saturated rings. The normalized spacial score (nSPS) is 13.9. The molecule has 0 bridgehead atoms. The summed E-state index contributed by atoms with van der Waals surface area (Å²) in [6.45, 7) is 4.32. The fraction of sp³-hybridized carbons (Fsp3) is 0.348. The molecule has 3 aromatic rings. The molecule has 2 aromatic carbocycles. The molecule has 2 heterocycles. The molecule has 0 radical (unpaired) electrons. The summed E-state index contributed by atoms with van der Waals surface area (Å²) < 4.78 is 19.5. The van der Waals surface area contributed by atoms with Gasteiger partial charge in [-0.3, -0.25) is 4.79 Å². The summed E-state index contributed by atoms with van der Waals surface area (Å²) in [5.41, 5.74) is 0.939. The molecule has 1 amide bonds. The average Bonchev–Trinajstić information content (AvgIpc) is 3.46. The van der Waals surface area contributed by atoms with Crippen LogP contribution in [0.3, 0.4) is 0 Å². The molecule has 0 atom stereocenters. The van der Waals surface area contributed by atoms with Crippen LogP contribution in [0.5, 0.6) is 0 Å². The largest absolute Gasteiger partial charge is 0.403 e. The highest BCUT2D eigenvalue weighted by molar-refractivity contribution is 6.33. The second kappa shape index (κ2) is 10.6. The van der Waals surface area contributed by atoms with Gasteiger partial charge < -0.3 is 20.0 Å². The molecule has 1 aromatic heterocycles. The van der Waals surface area contributed by atoms with Gasteiger partial charge in [0.25, 0.3) is 11.8 Å². The van der Waals surface area contributed by atoms with E-state index >= 15 is 0 Å². The first-order valence-electron chi connectivity index (χ1n) is 10.8. The number of carbonyl (C=O) groups excluding carboxylic acids is 1. The van der Waals surface area contributed by atoms with Gasteiger partial charge in [0, 0.05) is 12.2 Å². The fourth-order valence-electron chi connectivity index (χ4n) is 3.68. The standard InChI is InChI=1S/C23H25ClFN5O2/c24-19-15-16(27-21(31)18-7-1-2-8-20(18)25)9-10-17(19)22-28-29-23(32-22)26-11-3-4-12-30-13-5-6-14-30/h1-2,7-10,15H,3-6,11-14H2,(H,26,29)(H,27,31). The van der Waals surface area contributed by atoms with Gasteiger partial charge in [0.05, 0.1) is 16.1 Å². The smallest absolute Gasteiger partial charge is 0.315 e. The number of unbranched alkanes of at least 4 members (excludes halogenated alkanes) is 1. The van der Waals surface area contributed by atoms with Crippen molar-refractivity contribution in [3.63, 3.8) is 0 Å². The molecule has 1 aliphatic heterocycles. The molecule has 4 rings (SSSR count). The van der Waals surface area contributed by atoms with Crippen LogP contribution in [-0.2, 0) is 0 Å². The number of rotatable bonds is 9. The summed E-state index contributed by atoms with van der Waals surface area (Å²) in [7, 11) is 0. The van der Waals surface area contributed by atoms with Gasteiger partial charge in [-0.25, -0.2) is 4.39 Å². The van der Waals surface area contributed by atoms with Crippen molar-refractivity contribution in [3.05, 3.63) is 58.9 Å². The van der Waals surface area contributed by atoms with Crippen molar-refractivity contribution in [2.45, 2.75) is 25.7 Å². The first kappa shape index (κ1) is 22.2. The lowest BCUT2D eigenvalue weighted by Crippen LogP contribution is -2.20. The van der Waals surface area contributed by atoms with Crippen molar-refractivity contribution >= 4 is 29.2 Å². The molecule has 0 aliphatic carbocycles. The van der Waals surface area contributed by atoms with Crippen LogP contribution in [0.4, 0.5) is 16.1 Å². The molecule has 1 saturated heterocycles. The summed E-state index contributed by atoms with van der Waals surface area (Å²) in [6.07, 6.45) is 4.76. The van der Waals surface area contributed by atoms with Gasteiger partial charge in [-0.1, -0.05) is 28.8 Å². The summed E-state index contributed by atoms with van der Waals surface area (Å²) in [5.74, 6) is -0.864. The maximum absolute atomic E-state index is 13.8. The third-order valence-corrected chi connectivity index (χ3v) is 5.69. The lowest BCUT2D eigenvalue weighted by Gasteiger charge is -2.13. The second-order valence-corrected chi connectivity index (χ2v) is 8.13. The van der Waals surface area contributed by atoms with Crippen LogP contribution in [0, 0.1) is 5.82 Å². The third-order valence-electron chi connectivity index (χ3n) is 5.38. The molecule has 7 nitrogen and oxygen atoms in total. The van der Waals surface area contributed by atoms with Crippen LogP contribution in [-0.4, -0.2) is 47.2 Å². The Balaban J connectivity index is 1.30. The highest BCUT2D eigenvalue weighted by Crippen LogP contribution is 2.30. The Bertz CT molecular complexity index is 1070. The Kier molecular flexibility index (Phi) is 7.34. The van der Waals surface area contributed by atoms with Crippen molar-refractivity contribution in [2.24, 2.45) is 0 Å². The van der Waals surface area contributed by atoms with Gasteiger partial charge in [-0.05, 0) is 75.6 Å². The number of nitrogens with one attached hydrogen (secondary N) is 2. The van der Waals surface area contributed by atoms with Crippen LogP contribution < -0.4 is 10.6 Å². The molecule has 2 N–H and O–H groups in total. The fourth-order valence-corrected chi connectivity index (χ4v) is 3.94. The number of nitrogens with zero attached hydrogens (tertiary/aromatic N) is 3. The first-order chi connectivity index (χ1) is 15.6. The van der Waals surface area contributed by atoms with Crippen molar-refractivity contribution in [1.29, 1.82) is 0 Å². The van der Waals surface area contributed by atoms with Crippen LogP contribution in [0.15, 0.2) is 46.9 Å². The van der Waals surface area contributed by atoms with Gasteiger partial charge in [0.2, 0.25) is 0 Å². The number of amides is 1. The zero-order chi connectivity index (χ0) is 22.3. The summed E-state index contributed by atoms with van der Waals surface area (Å²) in [4.78, 5) is 14.8. The van der Waals surface area contributed by atoms with Crippen molar-refractivity contribution in [3.8, 4) is 11.5 Å². The zero-order valence-corrected chi connectivity index (χ0v) is 18.4. The van der Waals surface area contributed by atoms with E-state index in [1.165, 1.54) is 44.1 Å². The Morgan fingerprint density at radius 1 is 1.12 bits per heavy atom. The predicted octanol–water partition coefficient (Wildman–Crippen LogP) is 5.07. The van der Waals surface area contributed by atoms with Crippen LogP contribution in [0.1, 0.15) is 36.0 Å². The van der Waals surface area contributed by atoms with Gasteiger partial charge in [-0.15, -0.1) is 5.10 Å². The van der Waals surface area contributed by atoms with Crippen molar-refractivity contribution in [1.82, 2.24) is 15.1 Å². The molecule has 1 aliphatic rings.